The molecule has 0 bridgehead atoms. The van der Waals surface area contributed by atoms with Crippen LogP contribution in [0.4, 0.5) is 5.69 Å². The largest absolute Gasteiger partial charge is 0.328 e. The lowest BCUT2D eigenvalue weighted by Crippen LogP contribution is -2.38. The molecule has 1 aromatic rings. The van der Waals surface area contributed by atoms with Crippen molar-refractivity contribution in [1.82, 2.24) is 4.90 Å². The van der Waals surface area contributed by atoms with Crippen molar-refractivity contribution in [3.63, 3.8) is 0 Å². The second-order valence-corrected chi connectivity index (χ2v) is 6.37. The molecule has 1 saturated carbocycles. The molecule has 0 atom stereocenters. The summed E-state index contributed by atoms with van der Waals surface area (Å²) in [5.74, 6) is 0. The van der Waals surface area contributed by atoms with Gasteiger partial charge in [0.1, 0.15) is 0 Å². The van der Waals surface area contributed by atoms with Crippen molar-refractivity contribution in [1.29, 1.82) is 0 Å². The van der Waals surface area contributed by atoms with Gasteiger partial charge in [-0.3, -0.25) is 15.0 Å². The average molecular weight is 342 g/mol. The Morgan fingerprint density at radius 3 is 2.60 bits per heavy atom. The number of nitro benzene ring substituents is 1. The molecule has 0 amide bonds. The number of benzene rings is 1. The fourth-order valence-corrected chi connectivity index (χ4v) is 3.21. The molecule has 0 spiro atoms. The van der Waals surface area contributed by atoms with E-state index in [-0.39, 0.29) is 10.6 Å². The molecule has 1 fully saturated rings. The lowest BCUT2D eigenvalue weighted by Gasteiger charge is -2.33. The van der Waals surface area contributed by atoms with Crippen molar-refractivity contribution in [2.75, 3.05) is 7.05 Å². The third-order valence-electron chi connectivity index (χ3n) is 4.03. The monoisotopic (exact) mass is 341 g/mol. The molecular weight excluding hydrogens is 322 g/mol. The minimum atomic E-state index is -0.374. The van der Waals surface area contributed by atoms with Crippen LogP contribution < -0.4 is 5.73 Å². The summed E-state index contributed by atoms with van der Waals surface area (Å²) in [6.07, 6.45) is 4.41. The molecule has 0 unspecified atom stereocenters. The second-order valence-electron chi connectivity index (χ2n) is 5.52. The van der Waals surface area contributed by atoms with Gasteiger partial charge in [0.15, 0.2) is 0 Å². The summed E-state index contributed by atoms with van der Waals surface area (Å²) < 4.78 is 0.797. The number of hydrogen-bond acceptors (Lipinski definition) is 4. The smallest absolute Gasteiger partial charge is 0.270 e. The highest BCUT2D eigenvalue weighted by Crippen LogP contribution is 2.27. The van der Waals surface area contributed by atoms with Gasteiger partial charge in [-0.15, -0.1) is 0 Å². The summed E-state index contributed by atoms with van der Waals surface area (Å²) in [7, 11) is 2.11. The first-order valence-electron chi connectivity index (χ1n) is 6.86. The van der Waals surface area contributed by atoms with E-state index < -0.39 is 0 Å². The summed E-state index contributed by atoms with van der Waals surface area (Å²) in [5, 5.41) is 10.7. The van der Waals surface area contributed by atoms with Crippen LogP contribution in [0.15, 0.2) is 22.7 Å². The van der Waals surface area contributed by atoms with Gasteiger partial charge in [-0.05, 0) is 44.4 Å². The predicted molar refractivity (Wildman–Crippen MR) is 82.5 cm³/mol. The molecule has 2 N–H and O–H groups in total. The highest BCUT2D eigenvalue weighted by atomic mass is 79.9. The van der Waals surface area contributed by atoms with Crippen LogP contribution in [-0.4, -0.2) is 29.0 Å². The topological polar surface area (TPSA) is 72.4 Å². The van der Waals surface area contributed by atoms with Crippen LogP contribution in [0.5, 0.6) is 0 Å². The zero-order chi connectivity index (χ0) is 14.7. The third kappa shape index (κ3) is 3.77. The average Bonchev–Trinajstić information content (AvgIpc) is 2.41. The standard InChI is InChI=1S/C14H20BrN3O2/c1-17(12-6-3-11(16)4-7-12)9-10-2-5-13(18(19)20)8-14(10)15/h2,5,8,11-12H,3-4,6-7,9,16H2,1H3. The SMILES string of the molecule is CN(Cc1ccc([N+](=O)[O-])cc1Br)C1CCC(N)CC1. The molecule has 0 aliphatic heterocycles. The van der Waals surface area contributed by atoms with Gasteiger partial charge in [0.05, 0.1) is 4.92 Å². The number of nitrogens with zero attached hydrogens (tertiary/aromatic N) is 2. The molecule has 0 radical (unpaired) electrons. The minimum Gasteiger partial charge on any atom is -0.328 e. The first-order chi connectivity index (χ1) is 9.47. The van der Waals surface area contributed by atoms with E-state index in [0.717, 1.165) is 42.3 Å². The van der Waals surface area contributed by atoms with Crippen LogP contribution in [0, 0.1) is 10.1 Å². The Bertz CT molecular complexity index is 487. The van der Waals surface area contributed by atoms with Crippen molar-refractivity contribution in [3.8, 4) is 0 Å². The Hall–Kier alpha value is -0.980. The molecule has 1 aromatic carbocycles. The lowest BCUT2D eigenvalue weighted by atomic mass is 9.91. The number of hydrogen-bond donors (Lipinski definition) is 1. The number of halogens is 1. The van der Waals surface area contributed by atoms with Gasteiger partial charge < -0.3 is 5.73 Å². The predicted octanol–water partition coefficient (Wildman–Crippen LogP) is 3.06. The number of rotatable bonds is 4. The maximum atomic E-state index is 10.7. The molecule has 2 rings (SSSR count). The Morgan fingerprint density at radius 2 is 2.05 bits per heavy atom. The molecule has 0 aromatic heterocycles. The highest BCUT2D eigenvalue weighted by molar-refractivity contribution is 9.10. The van der Waals surface area contributed by atoms with Crippen LogP contribution in [0.1, 0.15) is 31.2 Å². The van der Waals surface area contributed by atoms with Crippen LogP contribution in [0.2, 0.25) is 0 Å². The van der Waals surface area contributed by atoms with Crippen molar-refractivity contribution in [2.45, 2.75) is 44.3 Å². The summed E-state index contributed by atoms with van der Waals surface area (Å²) in [6, 6.07) is 5.86. The maximum absolute atomic E-state index is 10.7. The van der Waals surface area contributed by atoms with Gasteiger partial charge >= 0.3 is 0 Å². The number of nitro groups is 1. The summed E-state index contributed by atoms with van der Waals surface area (Å²) in [5.41, 5.74) is 7.12. The zero-order valence-corrected chi connectivity index (χ0v) is 13.2. The molecule has 1 aliphatic carbocycles. The van der Waals surface area contributed by atoms with E-state index in [1.54, 1.807) is 12.1 Å². The first-order valence-corrected chi connectivity index (χ1v) is 7.65. The number of non-ortho nitro benzene ring substituents is 1. The second kappa shape index (κ2) is 6.65. The quantitative estimate of drug-likeness (QED) is 0.674. The van der Waals surface area contributed by atoms with E-state index in [1.807, 2.05) is 6.07 Å². The molecule has 5 nitrogen and oxygen atoms in total. The Kier molecular flexibility index (Phi) is 5.12. The van der Waals surface area contributed by atoms with Crippen LogP contribution in [-0.2, 0) is 6.54 Å². The summed E-state index contributed by atoms with van der Waals surface area (Å²) in [6.45, 7) is 0.790. The fourth-order valence-electron chi connectivity index (χ4n) is 2.72. The van der Waals surface area contributed by atoms with E-state index in [9.17, 15) is 10.1 Å². The normalized spacial score (nSPS) is 23.0. The molecule has 0 saturated heterocycles. The highest BCUT2D eigenvalue weighted by Gasteiger charge is 2.22. The van der Waals surface area contributed by atoms with E-state index in [2.05, 4.69) is 27.9 Å². The van der Waals surface area contributed by atoms with Crippen molar-refractivity contribution < 1.29 is 4.92 Å². The lowest BCUT2D eigenvalue weighted by molar-refractivity contribution is -0.384. The van der Waals surface area contributed by atoms with Crippen molar-refractivity contribution in [3.05, 3.63) is 38.3 Å². The van der Waals surface area contributed by atoms with Gasteiger partial charge in [-0.2, -0.15) is 0 Å². The fraction of sp³-hybridized carbons (Fsp3) is 0.571. The Balaban J connectivity index is 2.00. The van der Waals surface area contributed by atoms with Gasteiger partial charge in [0.2, 0.25) is 0 Å². The minimum absolute atomic E-state index is 0.118. The molecular formula is C14H20BrN3O2. The van der Waals surface area contributed by atoms with Gasteiger partial charge in [0.25, 0.3) is 5.69 Å². The van der Waals surface area contributed by atoms with Gasteiger partial charge in [-0.1, -0.05) is 15.9 Å². The van der Waals surface area contributed by atoms with Crippen LogP contribution in [0.3, 0.4) is 0 Å². The van der Waals surface area contributed by atoms with E-state index in [0.29, 0.717) is 12.1 Å². The van der Waals surface area contributed by atoms with Crippen molar-refractivity contribution in [2.24, 2.45) is 5.73 Å². The summed E-state index contributed by atoms with van der Waals surface area (Å²) in [4.78, 5) is 12.7. The summed E-state index contributed by atoms with van der Waals surface area (Å²) >= 11 is 3.43. The van der Waals surface area contributed by atoms with Gasteiger partial charge in [0, 0.05) is 35.2 Å². The first kappa shape index (κ1) is 15.4. The van der Waals surface area contributed by atoms with Crippen LogP contribution in [0.25, 0.3) is 0 Å². The van der Waals surface area contributed by atoms with Gasteiger partial charge in [-0.25, -0.2) is 0 Å². The Labute approximate surface area is 127 Å². The molecule has 110 valence electrons. The van der Waals surface area contributed by atoms with E-state index in [4.69, 9.17) is 5.73 Å². The van der Waals surface area contributed by atoms with E-state index in [1.165, 1.54) is 0 Å². The Morgan fingerprint density at radius 1 is 1.40 bits per heavy atom. The van der Waals surface area contributed by atoms with Crippen LogP contribution >= 0.6 is 15.9 Å². The molecule has 20 heavy (non-hydrogen) atoms. The van der Waals surface area contributed by atoms with Crippen molar-refractivity contribution >= 4 is 21.6 Å². The molecule has 0 heterocycles. The van der Waals surface area contributed by atoms with E-state index >= 15 is 0 Å². The zero-order valence-electron chi connectivity index (χ0n) is 11.6. The molecule has 6 heteroatoms. The maximum Gasteiger partial charge on any atom is 0.270 e. The molecule has 1 aliphatic rings. The third-order valence-corrected chi connectivity index (χ3v) is 4.77. The number of nitrogens with two attached hydrogens (primary N) is 1.